The summed E-state index contributed by atoms with van der Waals surface area (Å²) >= 11 is 0. The summed E-state index contributed by atoms with van der Waals surface area (Å²) < 4.78 is 18.5. The van der Waals surface area contributed by atoms with Crippen molar-refractivity contribution in [3.63, 3.8) is 0 Å². The SMILES string of the molecule is COc1ccc(CNc2cc(C)ccc2C)cc1F. The van der Waals surface area contributed by atoms with Gasteiger partial charge in [0.25, 0.3) is 0 Å². The highest BCUT2D eigenvalue weighted by Gasteiger charge is 2.04. The number of halogens is 1. The van der Waals surface area contributed by atoms with E-state index in [0.717, 1.165) is 11.3 Å². The molecule has 2 nitrogen and oxygen atoms in total. The largest absolute Gasteiger partial charge is 0.494 e. The van der Waals surface area contributed by atoms with Crippen LogP contribution in [0.2, 0.25) is 0 Å². The molecule has 0 unspecified atom stereocenters. The molecule has 100 valence electrons. The highest BCUT2D eigenvalue weighted by Crippen LogP contribution is 2.20. The predicted molar refractivity (Wildman–Crippen MR) is 76.2 cm³/mol. The van der Waals surface area contributed by atoms with Gasteiger partial charge in [0.15, 0.2) is 11.6 Å². The number of ether oxygens (including phenoxy) is 1. The standard InChI is InChI=1S/C16H18FNO/c1-11-4-5-12(2)15(8-11)18-10-13-6-7-16(19-3)14(17)9-13/h4-9,18H,10H2,1-3H3. The minimum absolute atomic E-state index is 0.274. The van der Waals surface area contributed by atoms with Gasteiger partial charge >= 0.3 is 0 Å². The van der Waals surface area contributed by atoms with Crippen LogP contribution >= 0.6 is 0 Å². The van der Waals surface area contributed by atoms with Gasteiger partial charge in [-0.25, -0.2) is 4.39 Å². The average Bonchev–Trinajstić information content (AvgIpc) is 2.40. The first-order chi connectivity index (χ1) is 9.10. The van der Waals surface area contributed by atoms with Crippen molar-refractivity contribution in [3.05, 3.63) is 58.9 Å². The van der Waals surface area contributed by atoms with Gasteiger partial charge in [0.1, 0.15) is 0 Å². The van der Waals surface area contributed by atoms with E-state index in [2.05, 4.69) is 37.4 Å². The molecule has 2 rings (SSSR count). The lowest BCUT2D eigenvalue weighted by atomic mass is 10.1. The Balaban J connectivity index is 2.10. The first-order valence-electron chi connectivity index (χ1n) is 6.23. The van der Waals surface area contributed by atoms with Gasteiger partial charge in [-0.3, -0.25) is 0 Å². The second-order valence-corrected chi connectivity index (χ2v) is 4.64. The molecule has 0 saturated heterocycles. The van der Waals surface area contributed by atoms with Crippen molar-refractivity contribution in [2.75, 3.05) is 12.4 Å². The number of hydrogen-bond acceptors (Lipinski definition) is 2. The van der Waals surface area contributed by atoms with Crippen LogP contribution in [0.25, 0.3) is 0 Å². The maximum absolute atomic E-state index is 13.6. The number of rotatable bonds is 4. The molecular weight excluding hydrogens is 241 g/mol. The van der Waals surface area contributed by atoms with Gasteiger partial charge in [-0.1, -0.05) is 18.2 Å². The van der Waals surface area contributed by atoms with E-state index in [-0.39, 0.29) is 11.6 Å². The molecular formula is C16H18FNO. The maximum Gasteiger partial charge on any atom is 0.165 e. The van der Waals surface area contributed by atoms with Crippen LogP contribution in [0.1, 0.15) is 16.7 Å². The van der Waals surface area contributed by atoms with Crippen LogP contribution in [0.3, 0.4) is 0 Å². The number of benzene rings is 2. The molecule has 0 heterocycles. The molecule has 3 heteroatoms. The molecule has 0 aliphatic carbocycles. The van der Waals surface area contributed by atoms with Crippen LogP contribution in [0.15, 0.2) is 36.4 Å². The van der Waals surface area contributed by atoms with Crippen molar-refractivity contribution in [3.8, 4) is 5.75 Å². The van der Waals surface area contributed by atoms with E-state index in [1.807, 2.05) is 6.07 Å². The molecule has 0 saturated carbocycles. The normalized spacial score (nSPS) is 10.3. The van der Waals surface area contributed by atoms with E-state index in [1.54, 1.807) is 6.07 Å². The fourth-order valence-corrected chi connectivity index (χ4v) is 1.94. The fraction of sp³-hybridized carbons (Fsp3) is 0.250. The van der Waals surface area contributed by atoms with Crippen molar-refractivity contribution in [2.24, 2.45) is 0 Å². The van der Waals surface area contributed by atoms with E-state index in [4.69, 9.17) is 4.74 Å². The Bertz CT molecular complexity index is 581. The Hall–Kier alpha value is -2.03. The smallest absolute Gasteiger partial charge is 0.165 e. The van der Waals surface area contributed by atoms with E-state index >= 15 is 0 Å². The number of anilines is 1. The zero-order chi connectivity index (χ0) is 13.8. The topological polar surface area (TPSA) is 21.3 Å². The van der Waals surface area contributed by atoms with Gasteiger partial charge in [-0.2, -0.15) is 0 Å². The summed E-state index contributed by atoms with van der Waals surface area (Å²) in [6.45, 7) is 4.69. The first kappa shape index (κ1) is 13.4. The quantitative estimate of drug-likeness (QED) is 0.894. The van der Waals surface area contributed by atoms with Crippen LogP contribution < -0.4 is 10.1 Å². The summed E-state index contributed by atoms with van der Waals surface area (Å²) in [4.78, 5) is 0. The highest BCUT2D eigenvalue weighted by molar-refractivity contribution is 5.52. The van der Waals surface area contributed by atoms with Crippen LogP contribution in [-0.2, 0) is 6.54 Å². The van der Waals surface area contributed by atoms with Gasteiger partial charge in [0, 0.05) is 12.2 Å². The molecule has 1 N–H and O–H groups in total. The van der Waals surface area contributed by atoms with Gasteiger partial charge in [-0.15, -0.1) is 0 Å². The minimum Gasteiger partial charge on any atom is -0.494 e. The lowest BCUT2D eigenvalue weighted by molar-refractivity contribution is 0.386. The summed E-state index contributed by atoms with van der Waals surface area (Å²) in [6.07, 6.45) is 0. The third-order valence-electron chi connectivity index (χ3n) is 3.09. The van der Waals surface area contributed by atoms with Crippen molar-refractivity contribution >= 4 is 5.69 Å². The lowest BCUT2D eigenvalue weighted by Gasteiger charge is -2.11. The average molecular weight is 259 g/mol. The lowest BCUT2D eigenvalue weighted by Crippen LogP contribution is -2.02. The monoisotopic (exact) mass is 259 g/mol. The summed E-state index contributed by atoms with van der Waals surface area (Å²) in [5.74, 6) is -0.0572. The van der Waals surface area contributed by atoms with E-state index in [0.29, 0.717) is 6.54 Å². The van der Waals surface area contributed by atoms with Crippen LogP contribution in [0.4, 0.5) is 10.1 Å². The van der Waals surface area contributed by atoms with Crippen LogP contribution in [-0.4, -0.2) is 7.11 Å². The molecule has 0 aromatic heterocycles. The number of methoxy groups -OCH3 is 1. The molecule has 2 aromatic carbocycles. The number of aryl methyl sites for hydroxylation is 2. The minimum atomic E-state index is -0.331. The molecule has 2 aromatic rings. The van der Waals surface area contributed by atoms with Crippen molar-refractivity contribution in [2.45, 2.75) is 20.4 Å². The summed E-state index contributed by atoms with van der Waals surface area (Å²) in [5.41, 5.74) is 4.35. The van der Waals surface area contributed by atoms with Gasteiger partial charge in [0.2, 0.25) is 0 Å². The molecule has 0 radical (unpaired) electrons. The molecule has 19 heavy (non-hydrogen) atoms. The molecule has 0 fully saturated rings. The van der Waals surface area contributed by atoms with Gasteiger partial charge in [-0.05, 0) is 48.7 Å². The molecule has 0 atom stereocenters. The van der Waals surface area contributed by atoms with Gasteiger partial charge in [0.05, 0.1) is 7.11 Å². The van der Waals surface area contributed by atoms with E-state index in [9.17, 15) is 4.39 Å². The summed E-state index contributed by atoms with van der Waals surface area (Å²) in [6, 6.07) is 11.3. The second-order valence-electron chi connectivity index (χ2n) is 4.64. The Labute approximate surface area is 113 Å². The van der Waals surface area contributed by atoms with Crippen molar-refractivity contribution < 1.29 is 9.13 Å². The van der Waals surface area contributed by atoms with Crippen LogP contribution in [0, 0.1) is 19.7 Å². The zero-order valence-electron chi connectivity index (χ0n) is 11.5. The molecule has 0 aliphatic rings. The third-order valence-corrected chi connectivity index (χ3v) is 3.09. The van der Waals surface area contributed by atoms with Gasteiger partial charge < -0.3 is 10.1 Å². The third kappa shape index (κ3) is 3.25. The van der Waals surface area contributed by atoms with Crippen molar-refractivity contribution in [1.29, 1.82) is 0 Å². The number of nitrogens with one attached hydrogen (secondary N) is 1. The second kappa shape index (κ2) is 5.74. The molecule has 0 bridgehead atoms. The zero-order valence-corrected chi connectivity index (χ0v) is 11.5. The predicted octanol–water partition coefficient (Wildman–Crippen LogP) is 4.06. The van der Waals surface area contributed by atoms with E-state index in [1.165, 1.54) is 24.3 Å². The fourth-order valence-electron chi connectivity index (χ4n) is 1.94. The molecule has 0 aliphatic heterocycles. The maximum atomic E-state index is 13.6. The summed E-state index contributed by atoms with van der Waals surface area (Å²) in [7, 11) is 1.46. The first-order valence-corrected chi connectivity index (χ1v) is 6.23. The van der Waals surface area contributed by atoms with Crippen LogP contribution in [0.5, 0.6) is 5.75 Å². The molecule has 0 spiro atoms. The summed E-state index contributed by atoms with van der Waals surface area (Å²) in [5, 5.41) is 3.33. The Morgan fingerprint density at radius 2 is 1.89 bits per heavy atom. The Morgan fingerprint density at radius 3 is 2.58 bits per heavy atom. The van der Waals surface area contributed by atoms with E-state index < -0.39 is 0 Å². The molecule has 0 amide bonds. The Morgan fingerprint density at radius 1 is 1.11 bits per heavy atom. The highest BCUT2D eigenvalue weighted by atomic mass is 19.1. The Kier molecular flexibility index (Phi) is 4.05. The van der Waals surface area contributed by atoms with Crippen molar-refractivity contribution in [1.82, 2.24) is 0 Å². The number of hydrogen-bond donors (Lipinski definition) is 1.